The van der Waals surface area contributed by atoms with Crippen molar-refractivity contribution >= 4 is 10.0 Å². The lowest BCUT2D eigenvalue weighted by atomic mass is 10.0. The van der Waals surface area contributed by atoms with Crippen LogP contribution in [0.2, 0.25) is 0 Å². The van der Waals surface area contributed by atoms with Crippen LogP contribution >= 0.6 is 0 Å². The summed E-state index contributed by atoms with van der Waals surface area (Å²) in [7, 11) is -3.59. The molecule has 27 heavy (non-hydrogen) atoms. The Hall–Kier alpha value is -1.81. The third kappa shape index (κ3) is 3.77. The average Bonchev–Trinajstić information content (AvgIpc) is 3.34. The second-order valence-corrected chi connectivity index (χ2v) is 9.21. The normalized spacial score (nSPS) is 23.1. The van der Waals surface area contributed by atoms with Gasteiger partial charge in [-0.25, -0.2) is 17.5 Å². The molecule has 1 aromatic heterocycles. The van der Waals surface area contributed by atoms with E-state index in [0.717, 1.165) is 32.4 Å². The number of aromatic nitrogens is 2. The zero-order chi connectivity index (χ0) is 19.0. The van der Waals surface area contributed by atoms with Gasteiger partial charge in [0.15, 0.2) is 0 Å². The molecule has 0 saturated carbocycles. The highest BCUT2D eigenvalue weighted by atomic mass is 32.2. The maximum absolute atomic E-state index is 13.1. The van der Waals surface area contributed by atoms with Gasteiger partial charge in [0.1, 0.15) is 10.7 Å². The molecule has 2 aliphatic rings. The van der Waals surface area contributed by atoms with Crippen LogP contribution in [0.15, 0.2) is 41.6 Å². The average molecular weight is 393 g/mol. The molecule has 0 aliphatic carbocycles. The number of benzene rings is 1. The molecule has 2 aromatic rings. The van der Waals surface area contributed by atoms with E-state index in [1.807, 2.05) is 0 Å². The number of hydrogen-bond donors (Lipinski definition) is 1. The number of rotatable bonds is 4. The molecule has 9 heteroatoms. The highest BCUT2D eigenvalue weighted by Gasteiger charge is 2.36. The standard InChI is InChI=1S/C18H24FN5O2S/c19-14-1-3-16(4-2-14)24-13-18(11-21-24)27(25,26)23-10-7-17(12-23)22-8-5-15(20)6-9-22/h1-4,11,13,15,17H,5-10,12,20H2. The molecule has 2 aliphatic heterocycles. The molecule has 0 spiro atoms. The van der Waals surface area contributed by atoms with E-state index in [1.165, 1.54) is 33.5 Å². The summed E-state index contributed by atoms with van der Waals surface area (Å²) in [6.07, 6.45) is 5.60. The lowest BCUT2D eigenvalue weighted by Crippen LogP contribution is -2.46. The van der Waals surface area contributed by atoms with Gasteiger partial charge in [0.25, 0.3) is 0 Å². The van der Waals surface area contributed by atoms with Gasteiger partial charge in [0, 0.05) is 25.2 Å². The van der Waals surface area contributed by atoms with Crippen molar-refractivity contribution in [1.82, 2.24) is 19.0 Å². The van der Waals surface area contributed by atoms with Crippen molar-refractivity contribution in [2.45, 2.75) is 36.2 Å². The van der Waals surface area contributed by atoms with Crippen LogP contribution in [0.25, 0.3) is 5.69 Å². The lowest BCUT2D eigenvalue weighted by molar-refractivity contribution is 0.159. The Morgan fingerprint density at radius 3 is 2.48 bits per heavy atom. The minimum atomic E-state index is -3.59. The van der Waals surface area contributed by atoms with Gasteiger partial charge >= 0.3 is 0 Å². The van der Waals surface area contributed by atoms with Crippen LogP contribution < -0.4 is 5.73 Å². The predicted octanol–water partition coefficient (Wildman–Crippen LogP) is 1.20. The third-order valence-corrected chi connectivity index (χ3v) is 7.32. The number of nitrogens with two attached hydrogens (primary N) is 1. The number of halogens is 1. The maximum atomic E-state index is 13.1. The summed E-state index contributed by atoms with van der Waals surface area (Å²) >= 11 is 0. The van der Waals surface area contributed by atoms with Crippen LogP contribution in [0.1, 0.15) is 19.3 Å². The quantitative estimate of drug-likeness (QED) is 0.844. The number of piperidine rings is 1. The van der Waals surface area contributed by atoms with E-state index in [2.05, 4.69) is 10.00 Å². The van der Waals surface area contributed by atoms with Crippen molar-refractivity contribution in [2.75, 3.05) is 26.2 Å². The second kappa shape index (κ2) is 7.31. The number of sulfonamides is 1. The van der Waals surface area contributed by atoms with Crippen molar-refractivity contribution in [3.63, 3.8) is 0 Å². The topological polar surface area (TPSA) is 84.5 Å². The predicted molar refractivity (Wildman–Crippen MR) is 99.5 cm³/mol. The van der Waals surface area contributed by atoms with E-state index < -0.39 is 10.0 Å². The van der Waals surface area contributed by atoms with Gasteiger partial charge in [-0.1, -0.05) is 0 Å². The van der Waals surface area contributed by atoms with Gasteiger partial charge in [-0.3, -0.25) is 4.90 Å². The molecule has 1 unspecified atom stereocenters. The summed E-state index contributed by atoms with van der Waals surface area (Å²) in [5.74, 6) is -0.347. The Morgan fingerprint density at radius 1 is 1.07 bits per heavy atom. The fourth-order valence-corrected chi connectivity index (χ4v) is 5.26. The molecule has 7 nitrogen and oxygen atoms in total. The summed E-state index contributed by atoms with van der Waals surface area (Å²) in [5.41, 5.74) is 6.58. The van der Waals surface area contributed by atoms with E-state index in [1.54, 1.807) is 12.1 Å². The molecular formula is C18H24FN5O2S. The molecule has 0 radical (unpaired) electrons. The van der Waals surface area contributed by atoms with E-state index >= 15 is 0 Å². The van der Waals surface area contributed by atoms with Gasteiger partial charge < -0.3 is 5.73 Å². The van der Waals surface area contributed by atoms with Gasteiger partial charge in [0.2, 0.25) is 10.0 Å². The third-order valence-electron chi connectivity index (χ3n) is 5.50. The summed E-state index contributed by atoms with van der Waals surface area (Å²) in [6, 6.07) is 6.28. The molecule has 0 bridgehead atoms. The van der Waals surface area contributed by atoms with Crippen molar-refractivity contribution in [3.05, 3.63) is 42.5 Å². The Balaban J connectivity index is 1.47. The summed E-state index contributed by atoms with van der Waals surface area (Å²) in [5, 5.41) is 4.14. The monoisotopic (exact) mass is 393 g/mol. The number of nitrogens with zero attached hydrogens (tertiary/aromatic N) is 4. The first kappa shape index (κ1) is 18.5. The van der Waals surface area contributed by atoms with Gasteiger partial charge in [0.05, 0.1) is 18.1 Å². The summed E-state index contributed by atoms with van der Waals surface area (Å²) in [4.78, 5) is 2.52. The molecule has 2 saturated heterocycles. The van der Waals surface area contributed by atoms with E-state index in [4.69, 9.17) is 5.73 Å². The van der Waals surface area contributed by atoms with Gasteiger partial charge in [-0.05, 0) is 56.6 Å². The first-order valence-electron chi connectivity index (χ1n) is 9.24. The highest BCUT2D eigenvalue weighted by Crippen LogP contribution is 2.25. The first-order valence-corrected chi connectivity index (χ1v) is 10.7. The van der Waals surface area contributed by atoms with Crippen LogP contribution in [0.5, 0.6) is 0 Å². The highest BCUT2D eigenvalue weighted by molar-refractivity contribution is 7.89. The van der Waals surface area contributed by atoms with Crippen molar-refractivity contribution in [1.29, 1.82) is 0 Å². The summed E-state index contributed by atoms with van der Waals surface area (Å²) < 4.78 is 42.0. The van der Waals surface area contributed by atoms with E-state index in [9.17, 15) is 12.8 Å². The molecular weight excluding hydrogens is 369 g/mol. The van der Waals surface area contributed by atoms with Crippen LogP contribution in [0, 0.1) is 5.82 Å². The Bertz CT molecular complexity index is 891. The number of likely N-dealkylation sites (tertiary alicyclic amines) is 1. The van der Waals surface area contributed by atoms with Crippen LogP contribution in [-0.4, -0.2) is 65.7 Å². The molecule has 1 aromatic carbocycles. The zero-order valence-corrected chi connectivity index (χ0v) is 15.9. The molecule has 0 amide bonds. The largest absolute Gasteiger partial charge is 0.328 e. The van der Waals surface area contributed by atoms with E-state index in [0.29, 0.717) is 18.8 Å². The SMILES string of the molecule is NC1CCN(C2CCN(S(=O)(=O)c3cnn(-c4ccc(F)cc4)c3)C2)CC1. The van der Waals surface area contributed by atoms with Crippen LogP contribution in [0.3, 0.4) is 0 Å². The second-order valence-electron chi connectivity index (χ2n) is 7.28. The van der Waals surface area contributed by atoms with Crippen LogP contribution in [0.4, 0.5) is 4.39 Å². The minimum absolute atomic E-state index is 0.160. The fraction of sp³-hybridized carbons (Fsp3) is 0.500. The molecule has 2 fully saturated rings. The first-order chi connectivity index (χ1) is 12.9. The van der Waals surface area contributed by atoms with Crippen molar-refractivity contribution < 1.29 is 12.8 Å². The van der Waals surface area contributed by atoms with E-state index in [-0.39, 0.29) is 22.8 Å². The molecule has 4 rings (SSSR count). The Labute approximate surface area is 158 Å². The van der Waals surface area contributed by atoms with Gasteiger partial charge in [-0.15, -0.1) is 0 Å². The Morgan fingerprint density at radius 2 is 1.78 bits per heavy atom. The maximum Gasteiger partial charge on any atom is 0.246 e. The molecule has 2 N–H and O–H groups in total. The molecule has 146 valence electrons. The van der Waals surface area contributed by atoms with Crippen molar-refractivity contribution in [3.8, 4) is 5.69 Å². The molecule has 3 heterocycles. The minimum Gasteiger partial charge on any atom is -0.328 e. The zero-order valence-electron chi connectivity index (χ0n) is 15.0. The lowest BCUT2D eigenvalue weighted by Gasteiger charge is -2.34. The summed E-state index contributed by atoms with van der Waals surface area (Å²) in [6.45, 7) is 2.88. The van der Waals surface area contributed by atoms with Crippen LogP contribution in [-0.2, 0) is 10.0 Å². The van der Waals surface area contributed by atoms with Crippen molar-refractivity contribution in [2.24, 2.45) is 5.73 Å². The Kier molecular flexibility index (Phi) is 5.02. The smallest absolute Gasteiger partial charge is 0.246 e. The fourth-order valence-electron chi connectivity index (χ4n) is 3.84. The number of hydrogen-bond acceptors (Lipinski definition) is 5. The molecule has 1 atom stereocenters. The van der Waals surface area contributed by atoms with Gasteiger partial charge in [-0.2, -0.15) is 9.40 Å².